The van der Waals surface area contributed by atoms with Crippen molar-refractivity contribution >= 4 is 21.8 Å². The van der Waals surface area contributed by atoms with Crippen LogP contribution in [-0.4, -0.2) is 46.8 Å². The van der Waals surface area contributed by atoms with E-state index < -0.39 is 0 Å². The average Bonchev–Trinajstić information content (AvgIpc) is 3.10. The molecule has 0 saturated carbocycles. The van der Waals surface area contributed by atoms with E-state index in [1.165, 1.54) is 0 Å². The Kier molecular flexibility index (Phi) is 5.68. The first-order valence-electron chi connectivity index (χ1n) is 8.48. The van der Waals surface area contributed by atoms with Crippen molar-refractivity contribution in [1.29, 1.82) is 0 Å². The molecule has 6 heteroatoms. The molecule has 2 aromatic rings. The number of aromatic nitrogens is 2. The summed E-state index contributed by atoms with van der Waals surface area (Å²) in [7, 11) is 0. The lowest BCUT2D eigenvalue weighted by Gasteiger charge is -2.31. The van der Waals surface area contributed by atoms with Crippen LogP contribution in [0.4, 0.5) is 0 Å². The molecule has 1 saturated heterocycles. The van der Waals surface area contributed by atoms with Gasteiger partial charge in [0.2, 0.25) is 0 Å². The molecule has 128 valence electrons. The lowest BCUT2D eigenvalue weighted by Crippen LogP contribution is -2.40. The Morgan fingerprint density at radius 2 is 2.17 bits per heavy atom. The van der Waals surface area contributed by atoms with E-state index in [2.05, 4.69) is 33.3 Å². The number of benzene rings is 1. The van der Waals surface area contributed by atoms with Gasteiger partial charge in [0.15, 0.2) is 0 Å². The largest absolute Gasteiger partial charge is 0.339 e. The van der Waals surface area contributed by atoms with Gasteiger partial charge < -0.3 is 10.2 Å². The SMILES string of the molecule is CCNCC1CCN(C(=O)c2cnn(-c3cccc(Br)c3)c2)CC1. The van der Waals surface area contributed by atoms with Crippen molar-refractivity contribution in [3.63, 3.8) is 0 Å². The molecule has 1 amide bonds. The van der Waals surface area contributed by atoms with Crippen molar-refractivity contribution < 1.29 is 4.79 Å². The number of carbonyl (C=O) groups is 1. The average molecular weight is 391 g/mol. The van der Waals surface area contributed by atoms with Gasteiger partial charge in [-0.15, -0.1) is 0 Å². The van der Waals surface area contributed by atoms with Crippen LogP contribution in [0.5, 0.6) is 0 Å². The number of nitrogens with zero attached hydrogens (tertiary/aromatic N) is 3. The van der Waals surface area contributed by atoms with Gasteiger partial charge in [0.25, 0.3) is 5.91 Å². The van der Waals surface area contributed by atoms with Crippen LogP contribution in [0.15, 0.2) is 41.1 Å². The van der Waals surface area contributed by atoms with Crippen LogP contribution in [-0.2, 0) is 0 Å². The second kappa shape index (κ2) is 7.94. The zero-order valence-electron chi connectivity index (χ0n) is 13.9. The fraction of sp³-hybridized carbons (Fsp3) is 0.444. The Bertz CT molecular complexity index is 692. The first-order chi connectivity index (χ1) is 11.7. The minimum atomic E-state index is 0.0816. The molecule has 1 N–H and O–H groups in total. The van der Waals surface area contributed by atoms with Crippen LogP contribution in [0, 0.1) is 5.92 Å². The summed E-state index contributed by atoms with van der Waals surface area (Å²) in [6, 6.07) is 7.88. The fourth-order valence-electron chi connectivity index (χ4n) is 3.06. The van der Waals surface area contributed by atoms with E-state index >= 15 is 0 Å². The van der Waals surface area contributed by atoms with Gasteiger partial charge in [0, 0.05) is 23.8 Å². The molecule has 1 aromatic carbocycles. The van der Waals surface area contributed by atoms with Gasteiger partial charge in [0.05, 0.1) is 17.4 Å². The van der Waals surface area contributed by atoms with Gasteiger partial charge >= 0.3 is 0 Å². The summed E-state index contributed by atoms with van der Waals surface area (Å²) in [5.41, 5.74) is 1.59. The Labute approximate surface area is 151 Å². The molecule has 2 heterocycles. The molecule has 0 radical (unpaired) electrons. The summed E-state index contributed by atoms with van der Waals surface area (Å²) in [4.78, 5) is 14.6. The van der Waals surface area contributed by atoms with Crippen LogP contribution < -0.4 is 5.32 Å². The highest BCUT2D eigenvalue weighted by molar-refractivity contribution is 9.10. The van der Waals surface area contributed by atoms with Crippen LogP contribution in [0.25, 0.3) is 5.69 Å². The predicted octanol–water partition coefficient (Wildman–Crippen LogP) is 3.10. The van der Waals surface area contributed by atoms with Gasteiger partial charge in [-0.3, -0.25) is 4.79 Å². The maximum absolute atomic E-state index is 12.7. The third-order valence-corrected chi connectivity index (χ3v) is 4.98. The topological polar surface area (TPSA) is 50.2 Å². The summed E-state index contributed by atoms with van der Waals surface area (Å²) in [5, 5.41) is 7.74. The molecule has 1 aliphatic heterocycles. The van der Waals surface area contributed by atoms with Crippen LogP contribution in [0.3, 0.4) is 0 Å². The highest BCUT2D eigenvalue weighted by Crippen LogP contribution is 2.19. The quantitative estimate of drug-likeness (QED) is 0.852. The molecule has 5 nitrogen and oxygen atoms in total. The van der Waals surface area contributed by atoms with Crippen LogP contribution in [0.2, 0.25) is 0 Å². The maximum Gasteiger partial charge on any atom is 0.257 e. The molecule has 0 aliphatic carbocycles. The molecule has 0 atom stereocenters. The summed E-state index contributed by atoms with van der Waals surface area (Å²) in [5.74, 6) is 0.761. The van der Waals surface area contributed by atoms with Crippen molar-refractivity contribution in [2.75, 3.05) is 26.2 Å². The zero-order chi connectivity index (χ0) is 16.9. The van der Waals surface area contributed by atoms with Gasteiger partial charge in [-0.25, -0.2) is 4.68 Å². The zero-order valence-corrected chi connectivity index (χ0v) is 15.5. The van der Waals surface area contributed by atoms with Gasteiger partial charge in [0.1, 0.15) is 0 Å². The van der Waals surface area contributed by atoms with E-state index in [0.717, 1.165) is 49.2 Å². The molecule has 1 aliphatic rings. The molecule has 24 heavy (non-hydrogen) atoms. The molecule has 1 fully saturated rings. The van der Waals surface area contributed by atoms with Crippen LogP contribution in [0.1, 0.15) is 30.1 Å². The van der Waals surface area contributed by atoms with E-state index in [4.69, 9.17) is 0 Å². The maximum atomic E-state index is 12.7. The highest BCUT2D eigenvalue weighted by Gasteiger charge is 2.24. The normalized spacial score (nSPS) is 15.7. The van der Waals surface area contributed by atoms with Gasteiger partial charge in [-0.05, 0) is 50.0 Å². The number of likely N-dealkylation sites (tertiary alicyclic amines) is 1. The molecular formula is C18H23BrN4O. The lowest BCUT2D eigenvalue weighted by atomic mass is 9.96. The van der Waals surface area contributed by atoms with Gasteiger partial charge in [-0.2, -0.15) is 5.10 Å². The summed E-state index contributed by atoms with van der Waals surface area (Å²) in [6.45, 7) is 5.85. The monoisotopic (exact) mass is 390 g/mol. The van der Waals surface area contributed by atoms with Crippen molar-refractivity contribution in [3.05, 3.63) is 46.7 Å². The first kappa shape index (κ1) is 17.2. The molecule has 0 unspecified atom stereocenters. The molecule has 0 bridgehead atoms. The van der Waals surface area contributed by atoms with E-state index in [1.54, 1.807) is 10.9 Å². The summed E-state index contributed by atoms with van der Waals surface area (Å²) in [6.07, 6.45) is 5.61. The minimum absolute atomic E-state index is 0.0816. The summed E-state index contributed by atoms with van der Waals surface area (Å²) < 4.78 is 2.74. The number of piperidine rings is 1. The lowest BCUT2D eigenvalue weighted by molar-refractivity contribution is 0.0690. The number of hydrogen-bond acceptors (Lipinski definition) is 3. The highest BCUT2D eigenvalue weighted by atomic mass is 79.9. The number of hydrogen-bond donors (Lipinski definition) is 1. The minimum Gasteiger partial charge on any atom is -0.339 e. The standard InChI is InChI=1S/C18H23BrN4O/c1-2-20-11-14-6-8-22(9-7-14)18(24)15-12-21-23(13-15)17-5-3-4-16(19)10-17/h3-5,10,12-14,20H,2,6-9,11H2,1H3. The van der Waals surface area contributed by atoms with Crippen molar-refractivity contribution in [2.24, 2.45) is 5.92 Å². The Balaban J connectivity index is 1.62. The Morgan fingerprint density at radius 3 is 2.88 bits per heavy atom. The fourth-order valence-corrected chi connectivity index (χ4v) is 3.45. The van der Waals surface area contributed by atoms with E-state index in [9.17, 15) is 4.79 Å². The van der Waals surface area contributed by atoms with Gasteiger partial charge in [-0.1, -0.05) is 28.9 Å². The summed E-state index contributed by atoms with van der Waals surface area (Å²) >= 11 is 3.46. The number of amides is 1. The smallest absolute Gasteiger partial charge is 0.257 e. The number of carbonyl (C=O) groups excluding carboxylic acids is 1. The number of rotatable bonds is 5. The molecular weight excluding hydrogens is 368 g/mol. The Morgan fingerprint density at radius 1 is 1.38 bits per heavy atom. The van der Waals surface area contributed by atoms with Crippen molar-refractivity contribution in [1.82, 2.24) is 20.0 Å². The first-order valence-corrected chi connectivity index (χ1v) is 9.27. The van der Waals surface area contributed by atoms with Crippen molar-refractivity contribution in [3.8, 4) is 5.69 Å². The van der Waals surface area contributed by atoms with E-state index in [1.807, 2.05) is 35.4 Å². The molecule has 0 spiro atoms. The number of halogens is 1. The van der Waals surface area contributed by atoms with E-state index in [-0.39, 0.29) is 5.91 Å². The second-order valence-electron chi connectivity index (χ2n) is 6.20. The Hall–Kier alpha value is -1.66. The van der Waals surface area contributed by atoms with Crippen molar-refractivity contribution in [2.45, 2.75) is 19.8 Å². The van der Waals surface area contributed by atoms with E-state index in [0.29, 0.717) is 11.5 Å². The third kappa shape index (κ3) is 4.05. The predicted molar refractivity (Wildman–Crippen MR) is 98.4 cm³/mol. The van der Waals surface area contributed by atoms with Crippen LogP contribution >= 0.6 is 15.9 Å². The number of nitrogens with one attached hydrogen (secondary N) is 1. The molecule has 3 rings (SSSR count). The second-order valence-corrected chi connectivity index (χ2v) is 7.11. The molecule has 1 aromatic heterocycles. The third-order valence-electron chi connectivity index (χ3n) is 4.49.